The van der Waals surface area contributed by atoms with Gasteiger partial charge in [0.15, 0.2) is 6.10 Å². The highest BCUT2D eigenvalue weighted by Crippen LogP contribution is 2.12. The van der Waals surface area contributed by atoms with Gasteiger partial charge >= 0.3 is 17.9 Å². The third kappa shape index (κ3) is 57.0. The largest absolute Gasteiger partial charge is 0.462 e. The van der Waals surface area contributed by atoms with Crippen molar-refractivity contribution < 1.29 is 28.6 Å². The number of carbonyl (C=O) groups is 3. The van der Waals surface area contributed by atoms with Crippen LogP contribution in [0.4, 0.5) is 0 Å². The molecule has 0 heterocycles. The molecule has 0 bridgehead atoms. The fourth-order valence-electron chi connectivity index (χ4n) is 6.64. The summed E-state index contributed by atoms with van der Waals surface area (Å²) in [6, 6.07) is 0. The molecule has 0 spiro atoms. The summed E-state index contributed by atoms with van der Waals surface area (Å²) in [5.41, 5.74) is 0. The summed E-state index contributed by atoms with van der Waals surface area (Å²) < 4.78 is 16.7. The van der Waals surface area contributed by atoms with Crippen molar-refractivity contribution in [1.29, 1.82) is 0 Å². The molecule has 0 fully saturated rings. The Bertz CT molecular complexity index is 1810. The van der Waals surface area contributed by atoms with E-state index in [1.165, 1.54) is 12.8 Å². The van der Waals surface area contributed by atoms with Crippen molar-refractivity contribution in [2.75, 3.05) is 13.2 Å². The van der Waals surface area contributed by atoms with Crippen molar-refractivity contribution in [3.05, 3.63) is 194 Å². The Balaban J connectivity index is 4.67. The van der Waals surface area contributed by atoms with Gasteiger partial charge in [-0.2, -0.15) is 0 Å². The molecule has 0 saturated heterocycles. The Morgan fingerprint density at radius 3 is 1.01 bits per heavy atom. The van der Waals surface area contributed by atoms with Gasteiger partial charge in [-0.25, -0.2) is 0 Å². The van der Waals surface area contributed by atoms with Gasteiger partial charge in [-0.1, -0.05) is 267 Å². The van der Waals surface area contributed by atoms with Gasteiger partial charge in [-0.15, -0.1) is 0 Å². The minimum absolute atomic E-state index is 0.137. The number of hydrogen-bond acceptors (Lipinski definition) is 6. The second-order valence-electron chi connectivity index (χ2n) is 17.6. The summed E-state index contributed by atoms with van der Waals surface area (Å²) in [6.07, 6.45) is 89.8. The molecule has 1 atom stereocenters. The lowest BCUT2D eigenvalue weighted by Crippen LogP contribution is -2.30. The maximum Gasteiger partial charge on any atom is 0.306 e. The first-order valence-electron chi connectivity index (χ1n) is 28.1. The molecule has 402 valence electrons. The molecule has 0 aromatic carbocycles. The fraction of sp³-hybridized carbons (Fsp3) is 0.478. The molecule has 0 radical (unpaired) electrons. The summed E-state index contributed by atoms with van der Waals surface area (Å²) in [5.74, 6) is -1.09. The van der Waals surface area contributed by atoms with E-state index >= 15 is 0 Å². The summed E-state index contributed by atoms with van der Waals surface area (Å²) in [6.45, 7) is 6.21. The molecular weight excluding hydrogens is 901 g/mol. The Morgan fingerprint density at radius 1 is 0.301 bits per heavy atom. The van der Waals surface area contributed by atoms with E-state index in [0.29, 0.717) is 19.3 Å². The normalized spacial score (nSPS) is 13.6. The van der Waals surface area contributed by atoms with Gasteiger partial charge < -0.3 is 14.2 Å². The highest BCUT2D eigenvalue weighted by molar-refractivity contribution is 5.71. The highest BCUT2D eigenvalue weighted by Gasteiger charge is 2.19. The van der Waals surface area contributed by atoms with Crippen LogP contribution >= 0.6 is 0 Å². The van der Waals surface area contributed by atoms with Crippen LogP contribution in [-0.2, 0) is 28.6 Å². The lowest BCUT2D eigenvalue weighted by atomic mass is 10.1. The van der Waals surface area contributed by atoms with Crippen LogP contribution in [-0.4, -0.2) is 37.2 Å². The Kier molecular flexibility index (Phi) is 54.2. The molecule has 0 aliphatic rings. The van der Waals surface area contributed by atoms with Gasteiger partial charge in [0, 0.05) is 19.3 Å². The molecule has 0 rings (SSSR count). The maximum absolute atomic E-state index is 12.9. The van der Waals surface area contributed by atoms with Crippen LogP contribution in [0, 0.1) is 0 Å². The summed E-state index contributed by atoms with van der Waals surface area (Å²) in [5, 5.41) is 0. The standard InChI is InChI=1S/C67H98O6/c1-4-7-10-13-16-19-22-25-28-31-34-37-39-42-45-48-51-54-57-60-66(69)72-63-64(73-67(70)61-58-55-52-49-46-43-40-36-33-30-27-24-21-18-15-12-9-6-3)62-71-65(68)59-56-53-50-47-44-41-38-35-32-29-26-23-20-17-14-11-8-5-2/h7,10-12,14-21,23-30,32-38,40,42,45,51,54,64H,4-6,8-9,13,22,31,39,41,43-44,46-50,52-53,55-63H2,1-3H3/b10-7-,14-11-,15-12-,19-16-,20-17-,21-18-,26-23-,27-24-,28-25-,32-29-,33-30-,37-34-,38-35-,40-36-,45-42-,54-51-. The molecule has 0 aromatic heterocycles. The topological polar surface area (TPSA) is 78.9 Å². The van der Waals surface area contributed by atoms with Crippen molar-refractivity contribution in [3.8, 4) is 0 Å². The minimum atomic E-state index is -0.847. The van der Waals surface area contributed by atoms with Crippen LogP contribution < -0.4 is 0 Å². The molecular formula is C67H98O6. The predicted octanol–water partition coefficient (Wildman–Crippen LogP) is 19.1. The maximum atomic E-state index is 12.9. The third-order valence-electron chi connectivity index (χ3n) is 10.8. The van der Waals surface area contributed by atoms with E-state index in [-0.39, 0.29) is 44.0 Å². The van der Waals surface area contributed by atoms with Gasteiger partial charge in [-0.05, 0) is 96.3 Å². The first-order chi connectivity index (χ1) is 36.0. The molecule has 0 aromatic rings. The first kappa shape index (κ1) is 67.2. The quantitative estimate of drug-likeness (QED) is 0.0199. The van der Waals surface area contributed by atoms with Crippen molar-refractivity contribution in [2.45, 2.75) is 194 Å². The van der Waals surface area contributed by atoms with E-state index in [2.05, 4.69) is 130 Å². The lowest BCUT2D eigenvalue weighted by molar-refractivity contribution is -0.166. The minimum Gasteiger partial charge on any atom is -0.462 e. The third-order valence-corrected chi connectivity index (χ3v) is 10.8. The summed E-state index contributed by atoms with van der Waals surface area (Å²) in [4.78, 5) is 38.2. The molecule has 0 N–H and O–H groups in total. The van der Waals surface area contributed by atoms with Crippen molar-refractivity contribution in [2.24, 2.45) is 0 Å². The zero-order valence-corrected chi connectivity index (χ0v) is 45.8. The van der Waals surface area contributed by atoms with Gasteiger partial charge in [0.2, 0.25) is 0 Å². The number of hydrogen-bond donors (Lipinski definition) is 0. The number of esters is 3. The summed E-state index contributed by atoms with van der Waals surface area (Å²) >= 11 is 0. The van der Waals surface area contributed by atoms with Crippen LogP contribution in [0.2, 0.25) is 0 Å². The number of carbonyl (C=O) groups excluding carboxylic acids is 3. The molecule has 0 amide bonds. The van der Waals surface area contributed by atoms with E-state index in [9.17, 15) is 14.4 Å². The Hall–Kier alpha value is -5.75. The molecule has 0 aliphatic carbocycles. The second kappa shape index (κ2) is 58.8. The molecule has 1 unspecified atom stereocenters. The molecule has 0 saturated carbocycles. The van der Waals surface area contributed by atoms with Crippen LogP contribution in [0.15, 0.2) is 194 Å². The van der Waals surface area contributed by atoms with Gasteiger partial charge in [-0.3, -0.25) is 14.4 Å². The summed E-state index contributed by atoms with van der Waals surface area (Å²) in [7, 11) is 0. The van der Waals surface area contributed by atoms with Crippen LogP contribution in [0.25, 0.3) is 0 Å². The van der Waals surface area contributed by atoms with E-state index < -0.39 is 6.10 Å². The fourth-order valence-corrected chi connectivity index (χ4v) is 6.64. The number of allylic oxidation sites excluding steroid dienone is 32. The van der Waals surface area contributed by atoms with E-state index in [0.717, 1.165) is 122 Å². The van der Waals surface area contributed by atoms with Gasteiger partial charge in [0.05, 0.1) is 0 Å². The van der Waals surface area contributed by atoms with E-state index in [4.69, 9.17) is 14.2 Å². The first-order valence-corrected chi connectivity index (χ1v) is 28.1. The SMILES string of the molecule is CC/C=C\C/C=C\C/C=C\C/C=C\C/C=C\C/C=C\CCC(=O)OCC(COC(=O)CCCCCCC\C=C/C=C\C=C/C=C\C=C/CCC)OC(=O)CCCCCCC\C=C/C=C\C=C/C=C\C=C/CCC. The highest BCUT2D eigenvalue weighted by atomic mass is 16.6. The second-order valence-corrected chi connectivity index (χ2v) is 17.6. The lowest BCUT2D eigenvalue weighted by Gasteiger charge is -2.18. The van der Waals surface area contributed by atoms with Crippen LogP contribution in [0.1, 0.15) is 188 Å². The zero-order chi connectivity index (χ0) is 52.9. The zero-order valence-electron chi connectivity index (χ0n) is 45.8. The van der Waals surface area contributed by atoms with E-state index in [1.807, 2.05) is 85.1 Å². The number of ether oxygens (including phenoxy) is 3. The average molecular weight is 1000 g/mol. The number of rotatable bonds is 47. The molecule has 6 heteroatoms. The van der Waals surface area contributed by atoms with Crippen molar-refractivity contribution >= 4 is 17.9 Å². The molecule has 0 aliphatic heterocycles. The van der Waals surface area contributed by atoms with Crippen LogP contribution in [0.5, 0.6) is 0 Å². The van der Waals surface area contributed by atoms with Crippen molar-refractivity contribution in [1.82, 2.24) is 0 Å². The Labute approximate surface area is 446 Å². The van der Waals surface area contributed by atoms with Gasteiger partial charge in [0.1, 0.15) is 13.2 Å². The average Bonchev–Trinajstić information content (AvgIpc) is 3.39. The van der Waals surface area contributed by atoms with Gasteiger partial charge in [0.25, 0.3) is 0 Å². The monoisotopic (exact) mass is 999 g/mol. The molecule has 6 nitrogen and oxygen atoms in total. The van der Waals surface area contributed by atoms with Crippen LogP contribution in [0.3, 0.4) is 0 Å². The number of unbranched alkanes of at least 4 members (excludes halogenated alkanes) is 12. The van der Waals surface area contributed by atoms with Crippen molar-refractivity contribution in [3.63, 3.8) is 0 Å². The Morgan fingerprint density at radius 2 is 0.616 bits per heavy atom. The predicted molar refractivity (Wildman–Crippen MR) is 315 cm³/mol. The van der Waals surface area contributed by atoms with E-state index in [1.54, 1.807) is 0 Å². The smallest absolute Gasteiger partial charge is 0.306 e. The molecule has 73 heavy (non-hydrogen) atoms.